The molecule has 2 aliphatic rings. The van der Waals surface area contributed by atoms with Crippen LogP contribution in [0.3, 0.4) is 0 Å². The van der Waals surface area contributed by atoms with Gasteiger partial charge in [0.05, 0.1) is 0 Å². The Morgan fingerprint density at radius 1 is 1.24 bits per heavy atom. The lowest BCUT2D eigenvalue weighted by molar-refractivity contribution is 0.0522. The maximum Gasteiger partial charge on any atom is 0.257 e. The molecule has 1 aromatic heterocycles. The van der Waals surface area contributed by atoms with Crippen molar-refractivity contribution in [3.05, 3.63) is 36.7 Å². The van der Waals surface area contributed by atoms with Gasteiger partial charge >= 0.3 is 0 Å². The van der Waals surface area contributed by atoms with Crippen LogP contribution in [0.1, 0.15) is 6.92 Å². The molecule has 0 spiro atoms. The first-order valence-corrected chi connectivity index (χ1v) is 8.60. The largest absolute Gasteiger partial charge is 0.486 e. The highest BCUT2D eigenvalue weighted by Gasteiger charge is 2.24. The quantitative estimate of drug-likeness (QED) is 0.903. The molecule has 132 valence electrons. The van der Waals surface area contributed by atoms with Gasteiger partial charge in [-0.25, -0.2) is 9.97 Å². The summed E-state index contributed by atoms with van der Waals surface area (Å²) >= 11 is 0. The molecule has 25 heavy (non-hydrogen) atoms. The number of benzene rings is 1. The summed E-state index contributed by atoms with van der Waals surface area (Å²) in [4.78, 5) is 11.0. The van der Waals surface area contributed by atoms with Crippen molar-refractivity contribution in [2.24, 2.45) is 0 Å². The first kappa shape index (κ1) is 16.0. The van der Waals surface area contributed by atoms with Crippen molar-refractivity contribution in [1.82, 2.24) is 15.3 Å². The summed E-state index contributed by atoms with van der Waals surface area (Å²) in [7, 11) is 0. The molecule has 0 saturated carbocycles. The second-order valence-electron chi connectivity index (χ2n) is 6.29. The zero-order valence-electron chi connectivity index (χ0n) is 14.2. The predicted octanol–water partition coefficient (Wildman–Crippen LogP) is 1.49. The smallest absolute Gasteiger partial charge is 0.257 e. The Hall–Kier alpha value is -2.54. The van der Waals surface area contributed by atoms with E-state index in [1.54, 1.807) is 12.4 Å². The third kappa shape index (κ3) is 3.61. The summed E-state index contributed by atoms with van der Waals surface area (Å²) in [5.41, 5.74) is 0. The first-order chi connectivity index (χ1) is 12.3. The number of fused-ring (bicyclic) bond motifs is 1. The number of hydrogen-bond acceptors (Lipinski definition) is 7. The Kier molecular flexibility index (Phi) is 4.56. The minimum Gasteiger partial charge on any atom is -0.486 e. The molecule has 7 nitrogen and oxygen atoms in total. The highest BCUT2D eigenvalue weighted by atomic mass is 16.6. The van der Waals surface area contributed by atoms with Crippen LogP contribution in [-0.4, -0.2) is 55.0 Å². The number of para-hydroxylation sites is 2. The normalized spacial score (nSPS) is 22.5. The van der Waals surface area contributed by atoms with Crippen LogP contribution in [0.4, 0.5) is 5.82 Å². The van der Waals surface area contributed by atoms with Crippen LogP contribution in [0.2, 0.25) is 0 Å². The topological polar surface area (TPSA) is 68.7 Å². The van der Waals surface area contributed by atoms with E-state index in [2.05, 4.69) is 27.1 Å². The minimum atomic E-state index is -0.174. The molecule has 3 heterocycles. The lowest BCUT2D eigenvalue weighted by atomic mass is 10.2. The lowest BCUT2D eigenvalue weighted by Gasteiger charge is -2.33. The Morgan fingerprint density at radius 3 is 2.96 bits per heavy atom. The van der Waals surface area contributed by atoms with Gasteiger partial charge in [0.15, 0.2) is 23.4 Å². The van der Waals surface area contributed by atoms with Gasteiger partial charge in [0.2, 0.25) is 0 Å². The SMILES string of the molecule is CC1CN(c2nccnc2OCC2COc3ccccc3O2)CCN1. The maximum absolute atomic E-state index is 5.94. The summed E-state index contributed by atoms with van der Waals surface area (Å²) in [5, 5.41) is 3.43. The summed E-state index contributed by atoms with van der Waals surface area (Å²) in [6.45, 7) is 5.67. The van der Waals surface area contributed by atoms with Crippen molar-refractivity contribution in [3.63, 3.8) is 0 Å². The molecular weight excluding hydrogens is 320 g/mol. The van der Waals surface area contributed by atoms with Gasteiger partial charge in [-0.3, -0.25) is 0 Å². The standard InChI is InChI=1S/C18H22N4O3/c1-13-10-22(9-8-19-13)17-18(21-7-6-20-17)24-12-14-11-23-15-4-2-3-5-16(15)25-14/h2-7,13-14,19H,8-12H2,1H3. The van der Waals surface area contributed by atoms with Gasteiger partial charge in [0.25, 0.3) is 5.88 Å². The van der Waals surface area contributed by atoms with Gasteiger partial charge in [-0.2, -0.15) is 0 Å². The van der Waals surface area contributed by atoms with E-state index in [0.29, 0.717) is 25.1 Å². The molecule has 0 bridgehead atoms. The van der Waals surface area contributed by atoms with Crippen LogP contribution < -0.4 is 24.4 Å². The number of rotatable bonds is 4. The zero-order valence-corrected chi connectivity index (χ0v) is 14.2. The van der Waals surface area contributed by atoms with Crippen LogP contribution in [0.25, 0.3) is 0 Å². The van der Waals surface area contributed by atoms with Crippen molar-refractivity contribution in [3.8, 4) is 17.4 Å². The third-order valence-electron chi connectivity index (χ3n) is 4.29. The van der Waals surface area contributed by atoms with E-state index in [-0.39, 0.29) is 6.10 Å². The van der Waals surface area contributed by atoms with Crippen LogP contribution in [-0.2, 0) is 0 Å². The maximum atomic E-state index is 5.94. The van der Waals surface area contributed by atoms with Crippen molar-refractivity contribution in [1.29, 1.82) is 0 Å². The number of piperazine rings is 1. The van der Waals surface area contributed by atoms with Crippen LogP contribution in [0.5, 0.6) is 17.4 Å². The first-order valence-electron chi connectivity index (χ1n) is 8.60. The van der Waals surface area contributed by atoms with Crippen molar-refractivity contribution < 1.29 is 14.2 Å². The van der Waals surface area contributed by atoms with Crippen molar-refractivity contribution in [2.75, 3.05) is 37.7 Å². The van der Waals surface area contributed by atoms with Crippen LogP contribution in [0, 0.1) is 0 Å². The van der Waals surface area contributed by atoms with E-state index in [1.165, 1.54) is 0 Å². The van der Waals surface area contributed by atoms with Gasteiger partial charge in [-0.1, -0.05) is 12.1 Å². The van der Waals surface area contributed by atoms with E-state index in [1.807, 2.05) is 24.3 Å². The second kappa shape index (κ2) is 7.14. The van der Waals surface area contributed by atoms with E-state index in [0.717, 1.165) is 37.0 Å². The zero-order chi connectivity index (χ0) is 17.1. The monoisotopic (exact) mass is 342 g/mol. The van der Waals surface area contributed by atoms with E-state index >= 15 is 0 Å². The van der Waals surface area contributed by atoms with Crippen molar-refractivity contribution >= 4 is 5.82 Å². The predicted molar refractivity (Wildman–Crippen MR) is 93.6 cm³/mol. The molecule has 2 aromatic rings. The molecule has 1 aromatic carbocycles. The molecule has 4 rings (SSSR count). The fraction of sp³-hybridized carbons (Fsp3) is 0.444. The minimum absolute atomic E-state index is 0.174. The van der Waals surface area contributed by atoms with Crippen LogP contribution in [0.15, 0.2) is 36.7 Å². The molecular formula is C18H22N4O3. The number of anilines is 1. The van der Waals surface area contributed by atoms with Gasteiger partial charge < -0.3 is 24.4 Å². The Labute approximate surface area is 146 Å². The summed E-state index contributed by atoms with van der Waals surface area (Å²) < 4.78 is 17.6. The molecule has 2 aliphatic heterocycles. The summed E-state index contributed by atoms with van der Waals surface area (Å²) in [6, 6.07) is 8.07. The summed E-state index contributed by atoms with van der Waals surface area (Å²) in [6.07, 6.45) is 3.18. The highest BCUT2D eigenvalue weighted by molar-refractivity contribution is 5.48. The van der Waals surface area contributed by atoms with Gasteiger partial charge in [-0.15, -0.1) is 0 Å². The Morgan fingerprint density at radius 2 is 2.08 bits per heavy atom. The summed E-state index contributed by atoms with van der Waals surface area (Å²) in [5.74, 6) is 2.85. The highest BCUT2D eigenvalue weighted by Crippen LogP contribution is 2.31. The van der Waals surface area contributed by atoms with Gasteiger partial charge in [-0.05, 0) is 19.1 Å². The number of hydrogen-bond donors (Lipinski definition) is 1. The van der Waals surface area contributed by atoms with Gasteiger partial charge in [0.1, 0.15) is 13.2 Å². The number of ether oxygens (including phenoxy) is 3. The van der Waals surface area contributed by atoms with E-state index in [9.17, 15) is 0 Å². The molecule has 2 unspecified atom stereocenters. The number of nitrogens with zero attached hydrogens (tertiary/aromatic N) is 3. The lowest BCUT2D eigenvalue weighted by Crippen LogP contribution is -2.49. The molecule has 1 fully saturated rings. The van der Waals surface area contributed by atoms with E-state index < -0.39 is 0 Å². The number of aromatic nitrogens is 2. The van der Waals surface area contributed by atoms with Crippen molar-refractivity contribution in [2.45, 2.75) is 19.1 Å². The average molecular weight is 342 g/mol. The second-order valence-corrected chi connectivity index (χ2v) is 6.29. The number of nitrogens with one attached hydrogen (secondary N) is 1. The molecule has 1 N–H and O–H groups in total. The third-order valence-corrected chi connectivity index (χ3v) is 4.29. The van der Waals surface area contributed by atoms with E-state index in [4.69, 9.17) is 14.2 Å². The van der Waals surface area contributed by atoms with Gasteiger partial charge in [0, 0.05) is 38.1 Å². The average Bonchev–Trinajstić information content (AvgIpc) is 2.66. The molecule has 7 heteroatoms. The van der Waals surface area contributed by atoms with Crippen LogP contribution >= 0.6 is 0 Å². The molecule has 0 radical (unpaired) electrons. The Bertz CT molecular complexity index is 727. The fourth-order valence-electron chi connectivity index (χ4n) is 3.08. The molecule has 0 aliphatic carbocycles. The molecule has 2 atom stereocenters. The fourth-order valence-corrected chi connectivity index (χ4v) is 3.08. The molecule has 0 amide bonds. The molecule has 1 saturated heterocycles. The Balaban J connectivity index is 1.42.